The number of hydrogen-bond donors (Lipinski definition) is 3. The lowest BCUT2D eigenvalue weighted by molar-refractivity contribution is -0.137. The maximum Gasteiger partial charge on any atom is 0.420 e. The number of anilines is 1. The summed E-state index contributed by atoms with van der Waals surface area (Å²) < 4.78 is 43.3. The summed E-state index contributed by atoms with van der Waals surface area (Å²) in [5, 5.41) is 13.3. The smallest absolute Gasteiger partial charge is 0.390 e. The molecule has 1 aliphatic heterocycles. The van der Waals surface area contributed by atoms with Gasteiger partial charge in [-0.05, 0) is 39.0 Å². The molecule has 12 heteroatoms. The summed E-state index contributed by atoms with van der Waals surface area (Å²) in [5.41, 5.74) is 3.05. The number of nitrogens with one attached hydrogen (secondary N) is 1. The van der Waals surface area contributed by atoms with Crippen LogP contribution in [0.3, 0.4) is 0 Å². The number of aliphatic hydroxyl groups is 1. The fourth-order valence-corrected chi connectivity index (χ4v) is 5.46. The van der Waals surface area contributed by atoms with Crippen LogP contribution in [0, 0.1) is 0 Å². The monoisotopic (exact) mass is 489 g/mol. The van der Waals surface area contributed by atoms with Gasteiger partial charge in [0.2, 0.25) is 11.9 Å². The second-order valence-corrected chi connectivity index (χ2v) is 10.3. The molecule has 0 saturated carbocycles. The highest BCUT2D eigenvalue weighted by atomic mass is 32.2. The molecule has 176 valence electrons. The van der Waals surface area contributed by atoms with E-state index in [4.69, 9.17) is 5.73 Å². The van der Waals surface area contributed by atoms with E-state index in [0.717, 1.165) is 43.5 Å². The van der Waals surface area contributed by atoms with E-state index in [1.54, 1.807) is 25.8 Å². The molecule has 0 aliphatic carbocycles. The molecule has 2 aromatic rings. The molecule has 1 amide bonds. The van der Waals surface area contributed by atoms with Crippen LogP contribution in [0.25, 0.3) is 10.6 Å². The third-order valence-electron chi connectivity index (χ3n) is 5.04. The summed E-state index contributed by atoms with van der Waals surface area (Å²) in [7, 11) is 0. The van der Waals surface area contributed by atoms with E-state index < -0.39 is 23.2 Å². The molecular weight excluding hydrogens is 463 g/mol. The molecule has 0 atom stereocenters. The lowest BCUT2D eigenvalue weighted by Crippen LogP contribution is -2.35. The molecule has 1 saturated heterocycles. The highest BCUT2D eigenvalue weighted by molar-refractivity contribution is 7.96. The number of carbonyl (C=O) groups is 1. The molecule has 1 aliphatic rings. The van der Waals surface area contributed by atoms with Crippen molar-refractivity contribution in [2.24, 2.45) is 5.73 Å². The molecule has 32 heavy (non-hydrogen) atoms. The topological polar surface area (TPSA) is 104 Å². The van der Waals surface area contributed by atoms with E-state index in [9.17, 15) is 23.1 Å². The minimum atomic E-state index is -4.68. The van der Waals surface area contributed by atoms with Crippen molar-refractivity contribution in [3.05, 3.63) is 28.3 Å². The summed E-state index contributed by atoms with van der Waals surface area (Å²) in [6.07, 6.45) is -0.192. The number of hydrogen-bond acceptors (Lipinski definition) is 8. The van der Waals surface area contributed by atoms with Crippen molar-refractivity contribution in [3.63, 3.8) is 0 Å². The third-order valence-corrected chi connectivity index (χ3v) is 7.06. The standard InChI is InChI=1S/C20H26F3N5O2S2/c1-19(2,30)9-15-12(17(24)29)8-14(32-15)16-13(20(21,22)23)10-25-18(27-16)26-11-4-6-28(31-3)7-5-11/h8,10-11,30H,4-7,9H2,1-3H3,(H2,24,29)(H,25,26,27). The number of primary amides is 1. The number of nitrogens with zero attached hydrogens (tertiary/aromatic N) is 3. The first-order chi connectivity index (χ1) is 14.9. The van der Waals surface area contributed by atoms with Crippen molar-refractivity contribution in [3.8, 4) is 10.6 Å². The molecule has 4 N–H and O–H groups in total. The quantitative estimate of drug-likeness (QED) is 0.508. The predicted molar refractivity (Wildman–Crippen MR) is 121 cm³/mol. The molecule has 1 fully saturated rings. The van der Waals surface area contributed by atoms with Crippen LogP contribution >= 0.6 is 23.3 Å². The van der Waals surface area contributed by atoms with E-state index in [1.807, 2.05) is 6.26 Å². The number of nitrogens with two attached hydrogens (primary N) is 1. The lowest BCUT2D eigenvalue weighted by Gasteiger charge is -2.30. The number of halogens is 3. The Morgan fingerprint density at radius 1 is 1.38 bits per heavy atom. The molecule has 0 radical (unpaired) electrons. The van der Waals surface area contributed by atoms with Crippen LogP contribution in [0.5, 0.6) is 0 Å². The van der Waals surface area contributed by atoms with Gasteiger partial charge in [0.15, 0.2) is 0 Å². The highest BCUT2D eigenvalue weighted by Crippen LogP contribution is 2.40. The van der Waals surface area contributed by atoms with E-state index in [1.165, 1.54) is 6.07 Å². The van der Waals surface area contributed by atoms with Crippen molar-refractivity contribution < 1.29 is 23.1 Å². The first kappa shape index (κ1) is 24.7. The van der Waals surface area contributed by atoms with Crippen LogP contribution in [-0.4, -0.2) is 56.3 Å². The SMILES string of the molecule is CSN1CCC(Nc2ncc(C(F)(F)F)c(-c3cc(C(N)=O)c(CC(C)(C)O)s3)n2)CC1. The largest absolute Gasteiger partial charge is 0.420 e. The van der Waals surface area contributed by atoms with Gasteiger partial charge in [-0.25, -0.2) is 9.97 Å². The van der Waals surface area contributed by atoms with Gasteiger partial charge in [0.1, 0.15) is 5.56 Å². The Bertz CT molecular complexity index is 967. The van der Waals surface area contributed by atoms with Crippen LogP contribution in [0.4, 0.5) is 19.1 Å². The molecule has 3 rings (SSSR count). The van der Waals surface area contributed by atoms with Crippen LogP contribution in [0.15, 0.2) is 12.3 Å². The first-order valence-corrected chi connectivity index (χ1v) is 12.0. The van der Waals surface area contributed by atoms with Crippen molar-refractivity contribution in [2.75, 3.05) is 24.7 Å². The van der Waals surface area contributed by atoms with Gasteiger partial charge in [0.05, 0.1) is 21.7 Å². The van der Waals surface area contributed by atoms with E-state index in [2.05, 4.69) is 19.6 Å². The minimum Gasteiger partial charge on any atom is -0.390 e. The Morgan fingerprint density at radius 3 is 2.56 bits per heavy atom. The van der Waals surface area contributed by atoms with E-state index in [0.29, 0.717) is 4.88 Å². The second-order valence-electron chi connectivity index (χ2n) is 8.28. The average molecular weight is 490 g/mol. The van der Waals surface area contributed by atoms with Crippen molar-refractivity contribution in [1.82, 2.24) is 14.3 Å². The Kier molecular flexibility index (Phi) is 7.38. The van der Waals surface area contributed by atoms with Crippen molar-refractivity contribution >= 4 is 35.1 Å². The minimum absolute atomic E-state index is 0.0539. The number of amides is 1. The lowest BCUT2D eigenvalue weighted by atomic mass is 10.0. The normalized spacial score (nSPS) is 16.3. The molecule has 2 aromatic heterocycles. The first-order valence-electron chi connectivity index (χ1n) is 10.0. The fraction of sp³-hybridized carbons (Fsp3) is 0.550. The van der Waals surface area contributed by atoms with E-state index >= 15 is 0 Å². The number of carbonyl (C=O) groups excluding carboxylic acids is 1. The summed E-state index contributed by atoms with van der Waals surface area (Å²) in [4.78, 5) is 20.5. The summed E-state index contributed by atoms with van der Waals surface area (Å²) in [6, 6.07) is 1.37. The van der Waals surface area contributed by atoms with Crippen LogP contribution in [0.1, 0.15) is 47.5 Å². The predicted octanol–water partition coefficient (Wildman–Crippen LogP) is 3.79. The molecule has 7 nitrogen and oxygen atoms in total. The van der Waals surface area contributed by atoms with Gasteiger partial charge in [0.25, 0.3) is 0 Å². The van der Waals surface area contributed by atoms with Crippen molar-refractivity contribution in [1.29, 1.82) is 0 Å². The number of rotatable bonds is 7. The van der Waals surface area contributed by atoms with Gasteiger partial charge in [-0.3, -0.25) is 9.10 Å². The zero-order valence-electron chi connectivity index (χ0n) is 18.0. The molecule has 0 bridgehead atoms. The van der Waals surface area contributed by atoms with Crippen LogP contribution in [0.2, 0.25) is 0 Å². The average Bonchev–Trinajstić information content (AvgIpc) is 3.10. The second kappa shape index (κ2) is 9.54. The zero-order valence-corrected chi connectivity index (χ0v) is 19.6. The van der Waals surface area contributed by atoms with Gasteiger partial charge < -0.3 is 16.2 Å². The Balaban J connectivity index is 1.98. The maximum atomic E-state index is 13.7. The van der Waals surface area contributed by atoms with Gasteiger partial charge in [-0.2, -0.15) is 13.2 Å². The molecular formula is C20H26F3N5O2S2. The Morgan fingerprint density at radius 2 is 2.03 bits per heavy atom. The maximum absolute atomic E-state index is 13.7. The Labute approximate surface area is 192 Å². The van der Waals surface area contributed by atoms with Gasteiger partial charge in [-0.1, -0.05) is 11.9 Å². The van der Waals surface area contributed by atoms with Crippen LogP contribution < -0.4 is 11.1 Å². The Hall–Kier alpha value is -1.89. The molecule has 0 spiro atoms. The third kappa shape index (κ3) is 6.12. The summed E-state index contributed by atoms with van der Waals surface area (Å²) >= 11 is 2.63. The number of aromatic nitrogens is 2. The van der Waals surface area contributed by atoms with Crippen molar-refractivity contribution in [2.45, 2.75) is 50.9 Å². The van der Waals surface area contributed by atoms with Gasteiger partial charge >= 0.3 is 6.18 Å². The summed E-state index contributed by atoms with van der Waals surface area (Å²) in [5.74, 6) is -0.665. The zero-order chi connectivity index (χ0) is 23.7. The fourth-order valence-electron chi connectivity index (χ4n) is 3.49. The molecule has 0 unspecified atom stereocenters. The number of thiophene rings is 1. The number of piperidine rings is 1. The number of alkyl halides is 3. The van der Waals surface area contributed by atoms with Gasteiger partial charge in [-0.15, -0.1) is 11.3 Å². The van der Waals surface area contributed by atoms with Crippen LogP contribution in [-0.2, 0) is 12.6 Å². The molecule has 3 heterocycles. The van der Waals surface area contributed by atoms with E-state index in [-0.39, 0.29) is 34.5 Å². The van der Waals surface area contributed by atoms with Gasteiger partial charge in [0, 0.05) is 36.6 Å². The summed E-state index contributed by atoms with van der Waals surface area (Å²) in [6.45, 7) is 4.82. The molecule has 0 aromatic carbocycles. The highest BCUT2D eigenvalue weighted by Gasteiger charge is 2.36.